The summed E-state index contributed by atoms with van der Waals surface area (Å²) in [7, 11) is -3.90. The Morgan fingerprint density at radius 1 is 1.07 bits per heavy atom. The number of ether oxygens (including phenoxy) is 1. The van der Waals surface area contributed by atoms with Gasteiger partial charge in [-0.15, -0.1) is 0 Å². The maximum Gasteiger partial charge on any atom is 0.218 e. The van der Waals surface area contributed by atoms with Gasteiger partial charge in [0.15, 0.2) is 0 Å². The third kappa shape index (κ3) is 5.73. The Kier molecular flexibility index (Phi) is 6.67. The monoisotopic (exact) mass is 442 g/mol. The summed E-state index contributed by atoms with van der Waals surface area (Å²) in [6, 6.07) is 7.94. The Bertz CT molecular complexity index is 995. The molecule has 2 N–H and O–H groups in total. The maximum atomic E-state index is 13.4. The quantitative estimate of drug-likeness (QED) is 0.714. The number of nitrogens with two attached hydrogens (primary N) is 1. The van der Waals surface area contributed by atoms with E-state index in [-0.39, 0.29) is 31.5 Å². The molecule has 0 unspecified atom stereocenters. The second-order valence-electron chi connectivity index (χ2n) is 7.22. The molecule has 0 saturated carbocycles. The lowest BCUT2D eigenvalue weighted by molar-refractivity contribution is -0.120. The number of piperidine rings is 1. The molecule has 0 aromatic heterocycles. The van der Waals surface area contributed by atoms with Gasteiger partial charge in [0.1, 0.15) is 29.3 Å². The Labute approximate surface area is 172 Å². The minimum Gasteiger partial charge on any atom is -0.490 e. The van der Waals surface area contributed by atoms with Gasteiger partial charge in [-0.25, -0.2) is 25.9 Å². The summed E-state index contributed by atoms with van der Waals surface area (Å²) < 4.78 is 72.5. The molecule has 1 heterocycles. The number of halogens is 3. The lowest BCUT2D eigenvalue weighted by atomic mass is 9.92. The molecule has 1 aliphatic rings. The van der Waals surface area contributed by atoms with Crippen LogP contribution in [0.25, 0.3) is 0 Å². The average molecular weight is 442 g/mol. The number of primary amides is 1. The van der Waals surface area contributed by atoms with Gasteiger partial charge < -0.3 is 10.5 Å². The smallest absolute Gasteiger partial charge is 0.218 e. The van der Waals surface area contributed by atoms with Crippen LogP contribution in [0.3, 0.4) is 0 Å². The van der Waals surface area contributed by atoms with Crippen LogP contribution < -0.4 is 10.5 Å². The average Bonchev–Trinajstić information content (AvgIpc) is 2.63. The summed E-state index contributed by atoms with van der Waals surface area (Å²) in [4.78, 5) is 11.5. The number of rotatable bonds is 7. The van der Waals surface area contributed by atoms with Gasteiger partial charge in [0.05, 0.1) is 5.75 Å². The summed E-state index contributed by atoms with van der Waals surface area (Å²) in [6.07, 6.45) is -0.334. The topological polar surface area (TPSA) is 89.7 Å². The van der Waals surface area contributed by atoms with E-state index in [9.17, 15) is 26.4 Å². The predicted molar refractivity (Wildman–Crippen MR) is 103 cm³/mol. The number of sulfonamides is 1. The van der Waals surface area contributed by atoms with Crippen LogP contribution in [0.4, 0.5) is 13.2 Å². The number of amides is 1. The van der Waals surface area contributed by atoms with E-state index in [4.69, 9.17) is 10.5 Å². The first-order valence-electron chi connectivity index (χ1n) is 9.26. The zero-order chi connectivity index (χ0) is 21.9. The van der Waals surface area contributed by atoms with Crippen molar-refractivity contribution in [2.24, 2.45) is 11.7 Å². The Hall–Kier alpha value is -2.59. The molecule has 2 atom stereocenters. The highest BCUT2D eigenvalue weighted by Gasteiger charge is 2.37. The second kappa shape index (κ2) is 9.05. The van der Waals surface area contributed by atoms with Crippen molar-refractivity contribution in [1.29, 1.82) is 0 Å². The Morgan fingerprint density at radius 2 is 1.70 bits per heavy atom. The SMILES string of the molecule is NC(=O)C[C@H]1CN(S(=O)(=O)Cc2cc(F)cc(F)c2)CC[C@@H]1Oc1ccc(F)cc1. The highest BCUT2D eigenvalue weighted by Crippen LogP contribution is 2.28. The first kappa shape index (κ1) is 22.1. The van der Waals surface area contributed by atoms with Gasteiger partial charge in [-0.3, -0.25) is 4.79 Å². The van der Waals surface area contributed by atoms with Crippen LogP contribution in [-0.4, -0.2) is 37.8 Å². The summed E-state index contributed by atoms with van der Waals surface area (Å²) in [5.41, 5.74) is 5.30. The Balaban J connectivity index is 1.74. The van der Waals surface area contributed by atoms with E-state index in [1.807, 2.05) is 0 Å². The number of carbonyl (C=O) groups excluding carboxylic acids is 1. The van der Waals surface area contributed by atoms with E-state index in [1.54, 1.807) is 0 Å². The molecule has 0 bridgehead atoms. The predicted octanol–water partition coefficient (Wildman–Crippen LogP) is 2.58. The molecular weight excluding hydrogens is 421 g/mol. The van der Waals surface area contributed by atoms with Gasteiger partial charge in [0, 0.05) is 31.5 Å². The molecule has 10 heteroatoms. The van der Waals surface area contributed by atoms with Crippen LogP contribution in [0.15, 0.2) is 42.5 Å². The second-order valence-corrected chi connectivity index (χ2v) is 9.19. The van der Waals surface area contributed by atoms with E-state index in [0.717, 1.165) is 12.1 Å². The first-order chi connectivity index (χ1) is 14.1. The lowest BCUT2D eigenvalue weighted by Crippen LogP contribution is -2.49. The minimum absolute atomic E-state index is 0.0105. The van der Waals surface area contributed by atoms with Crippen LogP contribution in [0.1, 0.15) is 18.4 Å². The van der Waals surface area contributed by atoms with Crippen molar-refractivity contribution in [3.63, 3.8) is 0 Å². The number of benzene rings is 2. The van der Waals surface area contributed by atoms with Crippen molar-refractivity contribution >= 4 is 15.9 Å². The van der Waals surface area contributed by atoms with Crippen LogP contribution in [0, 0.1) is 23.4 Å². The van der Waals surface area contributed by atoms with Crippen molar-refractivity contribution in [3.8, 4) is 5.75 Å². The van der Waals surface area contributed by atoms with Gasteiger partial charge in [-0.2, -0.15) is 0 Å². The Morgan fingerprint density at radius 3 is 2.30 bits per heavy atom. The number of nitrogens with zero attached hydrogens (tertiary/aromatic N) is 1. The number of hydrogen-bond acceptors (Lipinski definition) is 4. The lowest BCUT2D eigenvalue weighted by Gasteiger charge is -2.37. The molecule has 6 nitrogen and oxygen atoms in total. The molecule has 1 amide bonds. The third-order valence-electron chi connectivity index (χ3n) is 4.86. The van der Waals surface area contributed by atoms with E-state index in [0.29, 0.717) is 11.8 Å². The van der Waals surface area contributed by atoms with Crippen molar-refractivity contribution in [3.05, 3.63) is 65.5 Å². The summed E-state index contributed by atoms with van der Waals surface area (Å²) in [5, 5.41) is 0. The molecular formula is C20H21F3N2O4S. The van der Waals surface area contributed by atoms with Crippen LogP contribution in [0.5, 0.6) is 5.75 Å². The standard InChI is InChI=1S/C20H21F3N2O4S/c21-15-1-3-18(4-2-15)29-19-5-6-25(11-14(19)9-20(24)26)30(27,28)12-13-7-16(22)10-17(23)8-13/h1-4,7-8,10,14,19H,5-6,9,11-12H2,(H2,24,26)/t14-,19-/m0/s1. The molecule has 1 fully saturated rings. The van der Waals surface area contributed by atoms with Crippen molar-refractivity contribution < 1.29 is 31.1 Å². The molecule has 1 aliphatic heterocycles. The van der Waals surface area contributed by atoms with Crippen molar-refractivity contribution in [2.75, 3.05) is 13.1 Å². The van der Waals surface area contributed by atoms with E-state index in [1.165, 1.54) is 28.6 Å². The fraction of sp³-hybridized carbons (Fsp3) is 0.350. The molecule has 2 aromatic carbocycles. The summed E-state index contributed by atoms with van der Waals surface area (Å²) in [5.74, 6) is -3.47. The summed E-state index contributed by atoms with van der Waals surface area (Å²) in [6.45, 7) is 0.0657. The first-order valence-corrected chi connectivity index (χ1v) is 10.9. The molecule has 0 aliphatic carbocycles. The highest BCUT2D eigenvalue weighted by molar-refractivity contribution is 7.88. The van der Waals surface area contributed by atoms with Crippen LogP contribution in [0.2, 0.25) is 0 Å². The van der Waals surface area contributed by atoms with Gasteiger partial charge in [-0.1, -0.05) is 0 Å². The fourth-order valence-electron chi connectivity index (χ4n) is 3.52. The molecule has 1 saturated heterocycles. The normalized spacial score (nSPS) is 20.1. The highest BCUT2D eigenvalue weighted by atomic mass is 32.2. The van der Waals surface area contributed by atoms with E-state index in [2.05, 4.69) is 0 Å². The molecule has 2 aromatic rings. The van der Waals surface area contributed by atoms with Crippen molar-refractivity contribution in [1.82, 2.24) is 4.31 Å². The van der Waals surface area contributed by atoms with E-state index < -0.39 is 51.2 Å². The van der Waals surface area contributed by atoms with Crippen molar-refractivity contribution in [2.45, 2.75) is 24.7 Å². The number of hydrogen-bond donors (Lipinski definition) is 1. The molecule has 162 valence electrons. The van der Waals surface area contributed by atoms with E-state index >= 15 is 0 Å². The minimum atomic E-state index is -3.90. The molecule has 3 rings (SSSR count). The van der Waals surface area contributed by atoms with Gasteiger partial charge in [-0.05, 0) is 48.4 Å². The zero-order valence-electron chi connectivity index (χ0n) is 15.9. The largest absolute Gasteiger partial charge is 0.490 e. The van der Waals surface area contributed by atoms with Gasteiger partial charge in [0.2, 0.25) is 15.9 Å². The zero-order valence-corrected chi connectivity index (χ0v) is 16.7. The fourth-order valence-corrected chi connectivity index (χ4v) is 5.10. The van der Waals surface area contributed by atoms with Gasteiger partial charge >= 0.3 is 0 Å². The summed E-state index contributed by atoms with van der Waals surface area (Å²) >= 11 is 0. The molecule has 0 spiro atoms. The maximum absolute atomic E-state index is 13.4. The molecule has 30 heavy (non-hydrogen) atoms. The number of carbonyl (C=O) groups is 1. The van der Waals surface area contributed by atoms with Gasteiger partial charge in [0.25, 0.3) is 0 Å². The third-order valence-corrected chi connectivity index (χ3v) is 6.67. The van der Waals surface area contributed by atoms with Crippen LogP contribution >= 0.6 is 0 Å². The molecule has 0 radical (unpaired) electrons. The van der Waals surface area contributed by atoms with Crippen LogP contribution in [-0.2, 0) is 20.6 Å².